The predicted octanol–water partition coefficient (Wildman–Crippen LogP) is -1.28. The lowest BCUT2D eigenvalue weighted by atomic mass is 10.1. The Morgan fingerprint density at radius 2 is 2.46 bits per heavy atom. The van der Waals surface area contributed by atoms with E-state index in [9.17, 15) is 5.11 Å². The van der Waals surface area contributed by atoms with Crippen LogP contribution >= 0.6 is 0 Å². The van der Waals surface area contributed by atoms with Crippen molar-refractivity contribution < 1.29 is 9.67 Å². The van der Waals surface area contributed by atoms with Gasteiger partial charge in [-0.15, -0.1) is 0 Å². The maximum Gasteiger partial charge on any atom is 0.171 e. The molecule has 1 heterocycles. The second-order valence-electron chi connectivity index (χ2n) is 3.05. The number of nitrogens with zero attached hydrogens (tertiary/aromatic N) is 1. The largest absolute Gasteiger partial charge is 0.861 e. The Morgan fingerprint density at radius 3 is 3.00 bits per heavy atom. The highest BCUT2D eigenvalue weighted by Crippen LogP contribution is 1.97. The summed E-state index contributed by atoms with van der Waals surface area (Å²) in [5, 5.41) is 17.4. The quantitative estimate of drug-likeness (QED) is 0.344. The minimum Gasteiger partial charge on any atom is -0.861 e. The fourth-order valence-corrected chi connectivity index (χ4v) is 1.12. The predicted molar refractivity (Wildman–Crippen MR) is 47.0 cm³/mol. The van der Waals surface area contributed by atoms with Gasteiger partial charge in [0.25, 0.3) is 0 Å². The van der Waals surface area contributed by atoms with Gasteiger partial charge >= 0.3 is 0 Å². The first-order valence-corrected chi connectivity index (χ1v) is 4.05. The van der Waals surface area contributed by atoms with E-state index in [1.54, 1.807) is 0 Å². The monoisotopic (exact) mass is 179 g/mol. The minimum absolute atomic E-state index is 0.428. The molecule has 1 aromatic rings. The zero-order chi connectivity index (χ0) is 9.84. The number of aromatic nitrogens is 1. The summed E-state index contributed by atoms with van der Waals surface area (Å²) in [5.74, 6) is -0.716. The summed E-state index contributed by atoms with van der Waals surface area (Å²) in [7, 11) is 1.90. The van der Waals surface area contributed by atoms with Gasteiger partial charge in [-0.25, -0.2) is 4.57 Å². The van der Waals surface area contributed by atoms with Crippen molar-refractivity contribution in [2.45, 2.75) is 12.5 Å². The molecule has 0 aromatic carbocycles. The van der Waals surface area contributed by atoms with Crippen LogP contribution in [0, 0.1) is 5.41 Å². The fraction of sp³-hybridized carbons (Fsp3) is 0.333. The molecular weight excluding hydrogens is 166 g/mol. The zero-order valence-corrected chi connectivity index (χ0v) is 7.53. The van der Waals surface area contributed by atoms with Gasteiger partial charge in [0.1, 0.15) is 7.05 Å². The van der Waals surface area contributed by atoms with Gasteiger partial charge in [-0.1, -0.05) is 0 Å². The third-order valence-electron chi connectivity index (χ3n) is 1.79. The Bertz CT molecular complexity index is 311. The van der Waals surface area contributed by atoms with Crippen LogP contribution in [-0.2, 0) is 13.5 Å². The molecule has 0 saturated heterocycles. The van der Waals surface area contributed by atoms with E-state index in [0.29, 0.717) is 6.42 Å². The molecule has 4 heteroatoms. The third-order valence-corrected chi connectivity index (χ3v) is 1.79. The summed E-state index contributed by atoms with van der Waals surface area (Å²) < 4.78 is 1.89. The third kappa shape index (κ3) is 2.83. The molecule has 3 N–H and O–H groups in total. The maximum absolute atomic E-state index is 10.6. The van der Waals surface area contributed by atoms with Crippen molar-refractivity contribution in [3.63, 3.8) is 0 Å². The lowest BCUT2D eigenvalue weighted by Crippen LogP contribution is -2.40. The van der Waals surface area contributed by atoms with Crippen molar-refractivity contribution in [1.29, 1.82) is 5.41 Å². The number of aryl methyl sites for hydroxylation is 1. The van der Waals surface area contributed by atoms with Gasteiger partial charge in [-0.2, -0.15) is 0 Å². The van der Waals surface area contributed by atoms with E-state index in [2.05, 4.69) is 0 Å². The lowest BCUT2D eigenvalue weighted by molar-refractivity contribution is -0.671. The molecule has 13 heavy (non-hydrogen) atoms. The molecule has 0 aliphatic heterocycles. The molecule has 0 aliphatic rings. The molecule has 1 rings (SSSR count). The number of hydrogen-bond acceptors (Lipinski definition) is 3. The van der Waals surface area contributed by atoms with Crippen LogP contribution in [0.1, 0.15) is 5.56 Å². The molecule has 4 nitrogen and oxygen atoms in total. The second-order valence-corrected chi connectivity index (χ2v) is 3.05. The Morgan fingerprint density at radius 1 is 1.77 bits per heavy atom. The van der Waals surface area contributed by atoms with Gasteiger partial charge in [-0.3, -0.25) is 0 Å². The molecule has 0 bridgehead atoms. The summed E-state index contributed by atoms with van der Waals surface area (Å²) in [5.41, 5.74) is 6.42. The topological polar surface area (TPSA) is 76.8 Å². The molecule has 70 valence electrons. The molecule has 0 saturated carbocycles. The van der Waals surface area contributed by atoms with Gasteiger partial charge in [0.15, 0.2) is 12.4 Å². The summed E-state index contributed by atoms with van der Waals surface area (Å²) >= 11 is 0. The summed E-state index contributed by atoms with van der Waals surface area (Å²) in [4.78, 5) is 0. The highest BCUT2D eigenvalue weighted by molar-refractivity contribution is 5.74. The van der Waals surface area contributed by atoms with Gasteiger partial charge in [-0.05, 0) is 18.4 Å². The normalized spacial score (nSPS) is 12.5. The number of nitrogens with one attached hydrogen (secondary N) is 1. The molecule has 0 radical (unpaired) electrons. The zero-order valence-electron chi connectivity index (χ0n) is 7.53. The summed E-state index contributed by atoms with van der Waals surface area (Å²) in [6.07, 6.45) is 4.22. The molecule has 0 fully saturated rings. The van der Waals surface area contributed by atoms with Crippen LogP contribution < -0.4 is 15.4 Å². The van der Waals surface area contributed by atoms with E-state index in [4.69, 9.17) is 11.1 Å². The standard InChI is InChI=1S/C9H13N3O/c1-12-4-2-3-7(6-12)5-8(10)9(11)13/h2-4,6,8H,5,10H2,1H3,(H-,11,13)/t8-/m0/s1. The van der Waals surface area contributed by atoms with Crippen LogP contribution in [0.3, 0.4) is 0 Å². The van der Waals surface area contributed by atoms with Crippen molar-refractivity contribution in [2.75, 3.05) is 0 Å². The number of nitrogens with two attached hydrogens (primary N) is 1. The van der Waals surface area contributed by atoms with Crippen molar-refractivity contribution in [1.82, 2.24) is 0 Å². The average Bonchev–Trinajstić information content (AvgIpc) is 2.04. The first-order chi connectivity index (χ1) is 6.09. The van der Waals surface area contributed by atoms with Crippen molar-refractivity contribution >= 4 is 5.90 Å². The van der Waals surface area contributed by atoms with Gasteiger partial charge in [0.2, 0.25) is 0 Å². The Hall–Kier alpha value is -1.42. The number of hydrogen-bond donors (Lipinski definition) is 2. The second kappa shape index (κ2) is 4.00. The van der Waals surface area contributed by atoms with E-state index in [0.717, 1.165) is 5.56 Å². The first-order valence-electron chi connectivity index (χ1n) is 4.05. The highest BCUT2D eigenvalue weighted by Gasteiger charge is 2.05. The molecule has 0 amide bonds. The SMILES string of the molecule is C[n+]1cccc(C[C@H](N)C(=N)[O-])c1. The molecule has 1 atom stereocenters. The molecule has 0 spiro atoms. The molecule has 0 unspecified atom stereocenters. The van der Waals surface area contributed by atoms with Crippen molar-refractivity contribution in [3.8, 4) is 0 Å². The van der Waals surface area contributed by atoms with E-state index < -0.39 is 11.9 Å². The van der Waals surface area contributed by atoms with Gasteiger partial charge in [0.05, 0.1) is 0 Å². The lowest BCUT2D eigenvalue weighted by Gasteiger charge is -2.15. The van der Waals surface area contributed by atoms with Crippen LogP contribution in [0.25, 0.3) is 0 Å². The van der Waals surface area contributed by atoms with Crippen molar-refractivity contribution in [3.05, 3.63) is 30.1 Å². The Balaban J connectivity index is 2.69. The van der Waals surface area contributed by atoms with Crippen LogP contribution in [0.4, 0.5) is 0 Å². The van der Waals surface area contributed by atoms with E-state index in [-0.39, 0.29) is 0 Å². The van der Waals surface area contributed by atoms with Crippen molar-refractivity contribution in [2.24, 2.45) is 12.8 Å². The Labute approximate surface area is 77.1 Å². The van der Waals surface area contributed by atoms with E-state index in [1.165, 1.54) is 0 Å². The highest BCUT2D eigenvalue weighted by atomic mass is 16.3. The summed E-state index contributed by atoms with van der Waals surface area (Å²) in [6, 6.07) is 3.07. The van der Waals surface area contributed by atoms with Crippen LogP contribution in [-0.4, -0.2) is 11.9 Å². The van der Waals surface area contributed by atoms with Crippen LogP contribution in [0.5, 0.6) is 0 Å². The number of pyridine rings is 1. The van der Waals surface area contributed by atoms with E-state index in [1.807, 2.05) is 36.1 Å². The number of rotatable bonds is 3. The molecular formula is C9H13N3O. The molecule has 1 aromatic heterocycles. The van der Waals surface area contributed by atoms with Crippen LogP contribution in [0.2, 0.25) is 0 Å². The fourth-order valence-electron chi connectivity index (χ4n) is 1.12. The minimum atomic E-state index is -0.716. The first kappa shape index (κ1) is 9.67. The van der Waals surface area contributed by atoms with Gasteiger partial charge < -0.3 is 16.2 Å². The molecule has 0 aliphatic carbocycles. The smallest absolute Gasteiger partial charge is 0.171 e. The van der Waals surface area contributed by atoms with Gasteiger partial charge in [0, 0.05) is 17.7 Å². The Kier molecular flexibility index (Phi) is 2.97. The summed E-state index contributed by atoms with van der Waals surface area (Å²) in [6.45, 7) is 0. The van der Waals surface area contributed by atoms with Crippen LogP contribution in [0.15, 0.2) is 24.5 Å². The average molecular weight is 179 g/mol. The van der Waals surface area contributed by atoms with E-state index >= 15 is 0 Å². The maximum atomic E-state index is 10.6.